The quantitative estimate of drug-likeness (QED) is 0.537. The first-order valence-electron chi connectivity index (χ1n) is 9.17. The molecule has 0 aromatic heterocycles. The molecular weight excluding hydrogens is 402 g/mol. The zero-order valence-corrected chi connectivity index (χ0v) is 18.1. The Hall–Kier alpha value is -2.14. The summed E-state index contributed by atoms with van der Waals surface area (Å²) in [6, 6.07) is 11.7. The van der Waals surface area contributed by atoms with Gasteiger partial charge in [-0.1, -0.05) is 19.1 Å². The number of carbonyl (C=O) groups excluding carboxylic acids is 1. The van der Waals surface area contributed by atoms with Crippen LogP contribution >= 0.6 is 15.9 Å². The normalized spacial score (nSPS) is 18.4. The topological polar surface area (TPSA) is 44.7 Å². The highest BCUT2D eigenvalue weighted by Crippen LogP contribution is 2.43. The van der Waals surface area contributed by atoms with Crippen molar-refractivity contribution in [2.45, 2.75) is 45.6 Å². The van der Waals surface area contributed by atoms with Crippen LogP contribution in [0.5, 0.6) is 0 Å². The molecule has 3 rings (SSSR count). The van der Waals surface area contributed by atoms with Crippen molar-refractivity contribution in [3.8, 4) is 0 Å². The standard InChI is InChI=1S/C22H26BrN3O/c1-14-10-20-18(15(2)12-22(3,4)26(20)5)11-16(14)13-24-25-21(27)17-8-6-7-9-19(17)23/h6-11,13,15H,12H2,1-5H3,(H,25,27)/b24-13-/t15-/m1/s1. The van der Waals surface area contributed by atoms with Crippen LogP contribution in [0.25, 0.3) is 0 Å². The number of nitrogens with one attached hydrogen (secondary N) is 1. The number of hydrogen-bond donors (Lipinski definition) is 1. The molecule has 27 heavy (non-hydrogen) atoms. The van der Waals surface area contributed by atoms with Gasteiger partial charge < -0.3 is 4.90 Å². The van der Waals surface area contributed by atoms with Gasteiger partial charge in [-0.05, 0) is 90.0 Å². The summed E-state index contributed by atoms with van der Waals surface area (Å²) in [6.07, 6.45) is 2.84. The molecule has 1 heterocycles. The van der Waals surface area contributed by atoms with Crippen LogP contribution in [0.2, 0.25) is 0 Å². The van der Waals surface area contributed by atoms with Gasteiger partial charge in [0.25, 0.3) is 5.91 Å². The lowest BCUT2D eigenvalue weighted by molar-refractivity contribution is 0.0954. The Kier molecular flexibility index (Phi) is 5.43. The molecule has 0 saturated heterocycles. The molecule has 1 atom stereocenters. The molecule has 0 radical (unpaired) electrons. The maximum Gasteiger partial charge on any atom is 0.272 e. The summed E-state index contributed by atoms with van der Waals surface area (Å²) in [5.74, 6) is 0.248. The summed E-state index contributed by atoms with van der Waals surface area (Å²) in [5, 5.41) is 4.18. The molecule has 5 heteroatoms. The van der Waals surface area contributed by atoms with Gasteiger partial charge in [-0.25, -0.2) is 5.43 Å². The zero-order chi connectivity index (χ0) is 19.8. The molecule has 2 aromatic carbocycles. The van der Waals surface area contributed by atoms with Gasteiger partial charge in [-0.3, -0.25) is 4.79 Å². The Labute approximate surface area is 169 Å². The zero-order valence-electron chi connectivity index (χ0n) is 16.5. The number of nitrogens with zero attached hydrogens (tertiary/aromatic N) is 2. The van der Waals surface area contributed by atoms with Gasteiger partial charge in [0.2, 0.25) is 0 Å². The van der Waals surface area contributed by atoms with Crippen LogP contribution in [0, 0.1) is 6.92 Å². The van der Waals surface area contributed by atoms with Gasteiger partial charge in [0.15, 0.2) is 0 Å². The van der Waals surface area contributed by atoms with Gasteiger partial charge >= 0.3 is 0 Å². The summed E-state index contributed by atoms with van der Waals surface area (Å²) < 4.78 is 0.752. The first-order chi connectivity index (χ1) is 12.7. The number of hydrazone groups is 1. The van der Waals surface area contributed by atoms with Crippen molar-refractivity contribution in [3.63, 3.8) is 0 Å². The van der Waals surface area contributed by atoms with E-state index in [0.29, 0.717) is 11.5 Å². The molecule has 0 saturated carbocycles. The monoisotopic (exact) mass is 427 g/mol. The number of carbonyl (C=O) groups is 1. The summed E-state index contributed by atoms with van der Waals surface area (Å²) in [4.78, 5) is 14.6. The van der Waals surface area contributed by atoms with Crippen LogP contribution in [0.3, 0.4) is 0 Å². The second kappa shape index (κ2) is 7.47. The van der Waals surface area contributed by atoms with Crippen molar-refractivity contribution < 1.29 is 4.79 Å². The fourth-order valence-corrected chi connectivity index (χ4v) is 4.20. The molecule has 0 bridgehead atoms. The Bertz CT molecular complexity index is 904. The minimum Gasteiger partial charge on any atom is -0.369 e. The van der Waals surface area contributed by atoms with E-state index >= 15 is 0 Å². The number of fused-ring (bicyclic) bond motifs is 1. The second-order valence-corrected chi connectivity index (χ2v) is 8.78. The van der Waals surface area contributed by atoms with Crippen LogP contribution < -0.4 is 10.3 Å². The van der Waals surface area contributed by atoms with E-state index in [1.807, 2.05) is 18.2 Å². The lowest BCUT2D eigenvalue weighted by atomic mass is 9.79. The number of halogens is 1. The summed E-state index contributed by atoms with van der Waals surface area (Å²) in [7, 11) is 2.16. The Morgan fingerprint density at radius 3 is 2.74 bits per heavy atom. The number of anilines is 1. The third kappa shape index (κ3) is 3.93. The highest BCUT2D eigenvalue weighted by Gasteiger charge is 2.34. The van der Waals surface area contributed by atoms with Gasteiger partial charge in [-0.2, -0.15) is 5.10 Å². The SMILES string of the molecule is Cc1cc2c(cc1/C=N\NC(=O)c1ccccc1Br)[C@H](C)CC(C)(C)N2C. The number of rotatable bonds is 3. The van der Waals surface area contributed by atoms with Crippen LogP contribution in [0.4, 0.5) is 5.69 Å². The van der Waals surface area contributed by atoms with E-state index in [-0.39, 0.29) is 11.4 Å². The molecule has 2 aromatic rings. The summed E-state index contributed by atoms with van der Waals surface area (Å²) in [6.45, 7) is 8.93. The highest BCUT2D eigenvalue weighted by molar-refractivity contribution is 9.10. The largest absolute Gasteiger partial charge is 0.369 e. The molecular formula is C22H26BrN3O. The van der Waals surface area contributed by atoms with E-state index in [0.717, 1.165) is 22.0 Å². The molecule has 0 unspecified atom stereocenters. The predicted molar refractivity (Wildman–Crippen MR) is 116 cm³/mol. The third-order valence-electron chi connectivity index (χ3n) is 5.51. The lowest BCUT2D eigenvalue weighted by Gasteiger charge is -2.45. The minimum absolute atomic E-state index is 0.144. The first-order valence-corrected chi connectivity index (χ1v) is 9.96. The molecule has 4 nitrogen and oxygen atoms in total. The molecule has 0 spiro atoms. The average molecular weight is 428 g/mol. The van der Waals surface area contributed by atoms with Crippen LogP contribution in [-0.4, -0.2) is 24.7 Å². The second-order valence-electron chi connectivity index (χ2n) is 7.92. The van der Waals surface area contributed by atoms with Crippen molar-refractivity contribution >= 4 is 33.7 Å². The average Bonchev–Trinajstić information content (AvgIpc) is 2.60. The smallest absolute Gasteiger partial charge is 0.272 e. The van der Waals surface area contributed by atoms with E-state index in [4.69, 9.17) is 0 Å². The minimum atomic E-state index is -0.232. The van der Waals surface area contributed by atoms with Crippen molar-refractivity contribution in [2.24, 2.45) is 5.10 Å². The molecule has 1 aliphatic heterocycles. The maximum absolute atomic E-state index is 12.3. The number of hydrogen-bond acceptors (Lipinski definition) is 3. The van der Waals surface area contributed by atoms with Crippen LogP contribution in [-0.2, 0) is 0 Å². The Morgan fingerprint density at radius 1 is 1.33 bits per heavy atom. The molecule has 1 aliphatic rings. The summed E-state index contributed by atoms with van der Waals surface area (Å²) in [5.41, 5.74) is 8.12. The van der Waals surface area contributed by atoms with E-state index in [9.17, 15) is 4.79 Å². The highest BCUT2D eigenvalue weighted by atomic mass is 79.9. The van der Waals surface area contributed by atoms with E-state index in [2.05, 4.69) is 78.2 Å². The van der Waals surface area contributed by atoms with Gasteiger partial charge in [-0.15, -0.1) is 0 Å². The van der Waals surface area contributed by atoms with Crippen LogP contribution in [0.15, 0.2) is 46.0 Å². The van der Waals surface area contributed by atoms with Crippen molar-refractivity contribution in [1.82, 2.24) is 5.43 Å². The molecule has 0 fully saturated rings. The predicted octanol–water partition coefficient (Wildman–Crippen LogP) is 5.24. The molecule has 1 N–H and O–H groups in total. The summed E-state index contributed by atoms with van der Waals surface area (Å²) >= 11 is 3.39. The van der Waals surface area contributed by atoms with Gasteiger partial charge in [0.05, 0.1) is 11.8 Å². The Morgan fingerprint density at radius 2 is 2.04 bits per heavy atom. The maximum atomic E-state index is 12.3. The number of aryl methyl sites for hydroxylation is 1. The van der Waals surface area contributed by atoms with Crippen LogP contribution in [0.1, 0.15) is 60.2 Å². The molecule has 142 valence electrons. The number of benzene rings is 2. The lowest BCUT2D eigenvalue weighted by Crippen LogP contribution is -2.45. The van der Waals surface area contributed by atoms with E-state index in [1.165, 1.54) is 11.3 Å². The van der Waals surface area contributed by atoms with Crippen molar-refractivity contribution in [1.29, 1.82) is 0 Å². The Balaban J connectivity index is 1.82. The first kappa shape index (κ1) is 19.6. The fraction of sp³-hybridized carbons (Fsp3) is 0.364. The van der Waals surface area contributed by atoms with Gasteiger partial charge in [0.1, 0.15) is 0 Å². The van der Waals surface area contributed by atoms with E-state index < -0.39 is 0 Å². The fourth-order valence-electron chi connectivity index (χ4n) is 3.74. The van der Waals surface area contributed by atoms with Crippen molar-refractivity contribution in [3.05, 3.63) is 63.1 Å². The number of amides is 1. The van der Waals surface area contributed by atoms with Gasteiger partial charge in [0, 0.05) is 22.7 Å². The van der Waals surface area contributed by atoms with Crippen molar-refractivity contribution in [2.75, 3.05) is 11.9 Å². The van der Waals surface area contributed by atoms with E-state index in [1.54, 1.807) is 12.3 Å². The molecule has 0 aliphatic carbocycles. The third-order valence-corrected chi connectivity index (χ3v) is 6.20. The molecule has 1 amide bonds.